The molecule has 1 unspecified atom stereocenters. The Hall–Kier alpha value is -1.49. The molecule has 2 N–H and O–H groups in total. The van der Waals surface area contributed by atoms with E-state index in [0.29, 0.717) is 5.92 Å². The van der Waals surface area contributed by atoms with E-state index in [1.54, 1.807) is 0 Å². The van der Waals surface area contributed by atoms with Gasteiger partial charge in [-0.2, -0.15) is 0 Å². The number of hydrogen-bond donors (Lipinski definition) is 2. The maximum absolute atomic E-state index is 12.0. The zero-order valence-corrected chi connectivity index (χ0v) is 13.9. The smallest absolute Gasteiger partial charge is 0.233 e. The summed E-state index contributed by atoms with van der Waals surface area (Å²) < 4.78 is 0. The van der Waals surface area contributed by atoms with Gasteiger partial charge < -0.3 is 10.6 Å². The molecule has 116 valence electrons. The van der Waals surface area contributed by atoms with E-state index < -0.39 is 0 Å². The Labute approximate surface area is 131 Å². The van der Waals surface area contributed by atoms with Gasteiger partial charge in [0.05, 0.1) is 5.25 Å². The zero-order valence-electron chi connectivity index (χ0n) is 13.1. The van der Waals surface area contributed by atoms with Crippen LogP contribution in [0.5, 0.6) is 0 Å². The quantitative estimate of drug-likeness (QED) is 0.760. The summed E-state index contributed by atoms with van der Waals surface area (Å²) in [6.45, 7) is 8.38. The summed E-state index contributed by atoms with van der Waals surface area (Å²) in [6, 6.07) is 7.50. The third kappa shape index (κ3) is 7.18. The first-order chi connectivity index (χ1) is 9.88. The fourth-order valence-electron chi connectivity index (χ4n) is 1.71. The minimum Gasteiger partial charge on any atom is -0.355 e. The molecule has 0 heterocycles. The average Bonchev–Trinajstić information content (AvgIpc) is 2.39. The van der Waals surface area contributed by atoms with Gasteiger partial charge in [0.1, 0.15) is 0 Å². The molecule has 0 aliphatic heterocycles. The molecule has 5 heteroatoms. The highest BCUT2D eigenvalue weighted by Crippen LogP contribution is 2.24. The van der Waals surface area contributed by atoms with Crippen LogP contribution >= 0.6 is 11.8 Å². The third-order valence-corrected chi connectivity index (χ3v) is 3.99. The summed E-state index contributed by atoms with van der Waals surface area (Å²) in [5, 5.41) is 5.54. The van der Waals surface area contributed by atoms with Crippen molar-refractivity contribution >= 4 is 29.3 Å². The van der Waals surface area contributed by atoms with E-state index >= 15 is 0 Å². The van der Waals surface area contributed by atoms with Crippen LogP contribution in [-0.2, 0) is 9.59 Å². The zero-order chi connectivity index (χ0) is 15.8. The summed E-state index contributed by atoms with van der Waals surface area (Å²) in [5.74, 6) is 0.564. The summed E-state index contributed by atoms with van der Waals surface area (Å²) >= 11 is 1.51. The second kappa shape index (κ2) is 8.72. The first-order valence-electron chi connectivity index (χ1n) is 7.20. The molecule has 21 heavy (non-hydrogen) atoms. The number of carbonyl (C=O) groups is 2. The second-order valence-corrected chi connectivity index (χ2v) is 6.85. The van der Waals surface area contributed by atoms with E-state index in [9.17, 15) is 9.59 Å². The van der Waals surface area contributed by atoms with Gasteiger partial charge in [-0.05, 0) is 43.5 Å². The monoisotopic (exact) mass is 308 g/mol. The molecule has 0 bridgehead atoms. The average molecular weight is 308 g/mol. The summed E-state index contributed by atoms with van der Waals surface area (Å²) in [5.41, 5.74) is 0.765. The van der Waals surface area contributed by atoms with Crippen LogP contribution in [0, 0.1) is 5.92 Å². The van der Waals surface area contributed by atoms with Crippen molar-refractivity contribution in [3.05, 3.63) is 24.3 Å². The molecular formula is C16H24N2O2S. The van der Waals surface area contributed by atoms with Crippen molar-refractivity contribution in [2.24, 2.45) is 5.92 Å². The van der Waals surface area contributed by atoms with E-state index in [4.69, 9.17) is 0 Å². The molecule has 4 nitrogen and oxygen atoms in total. The van der Waals surface area contributed by atoms with Gasteiger partial charge in [-0.15, -0.1) is 11.8 Å². The van der Waals surface area contributed by atoms with E-state index in [2.05, 4.69) is 24.5 Å². The highest BCUT2D eigenvalue weighted by molar-refractivity contribution is 8.00. The van der Waals surface area contributed by atoms with Crippen LogP contribution in [0.15, 0.2) is 29.2 Å². The molecule has 0 aliphatic carbocycles. The summed E-state index contributed by atoms with van der Waals surface area (Å²) in [7, 11) is 0. The molecule has 1 atom stereocenters. The number of amides is 2. The Morgan fingerprint density at radius 2 is 1.76 bits per heavy atom. The first-order valence-corrected chi connectivity index (χ1v) is 8.08. The third-order valence-electron chi connectivity index (χ3n) is 2.88. The minimum atomic E-state index is -0.135. The highest BCUT2D eigenvalue weighted by atomic mass is 32.2. The molecule has 1 rings (SSSR count). The number of anilines is 1. The van der Waals surface area contributed by atoms with Gasteiger partial charge in [0, 0.05) is 24.1 Å². The van der Waals surface area contributed by atoms with Crippen LogP contribution in [0.3, 0.4) is 0 Å². The Morgan fingerprint density at radius 3 is 2.29 bits per heavy atom. The number of hydrogen-bond acceptors (Lipinski definition) is 3. The van der Waals surface area contributed by atoms with E-state index in [-0.39, 0.29) is 17.1 Å². The van der Waals surface area contributed by atoms with Crippen molar-refractivity contribution < 1.29 is 9.59 Å². The first kappa shape index (κ1) is 17.6. The second-order valence-electron chi connectivity index (χ2n) is 5.44. The lowest BCUT2D eigenvalue weighted by Crippen LogP contribution is -2.32. The van der Waals surface area contributed by atoms with Crippen LogP contribution in [0.4, 0.5) is 5.69 Å². The molecule has 0 aromatic heterocycles. The largest absolute Gasteiger partial charge is 0.355 e. The Balaban J connectivity index is 2.44. The van der Waals surface area contributed by atoms with Crippen molar-refractivity contribution in [1.29, 1.82) is 0 Å². The van der Waals surface area contributed by atoms with Crippen LogP contribution < -0.4 is 10.6 Å². The van der Waals surface area contributed by atoms with E-state index in [1.807, 2.05) is 31.2 Å². The predicted octanol–water partition coefficient (Wildman–Crippen LogP) is 3.29. The van der Waals surface area contributed by atoms with E-state index in [0.717, 1.165) is 23.5 Å². The topological polar surface area (TPSA) is 58.2 Å². The van der Waals surface area contributed by atoms with Gasteiger partial charge in [0.15, 0.2) is 0 Å². The summed E-state index contributed by atoms with van der Waals surface area (Å²) in [6.07, 6.45) is 0.995. The van der Waals surface area contributed by atoms with Gasteiger partial charge >= 0.3 is 0 Å². The van der Waals surface area contributed by atoms with Gasteiger partial charge in [-0.3, -0.25) is 9.59 Å². The standard InChI is InChI=1S/C16H24N2O2S/c1-11(2)9-10-17-16(20)12(3)21-15-7-5-14(6-8-15)18-13(4)19/h5-8,11-12H,9-10H2,1-4H3,(H,17,20)(H,18,19). The van der Waals surface area contributed by atoms with Crippen LogP contribution in [-0.4, -0.2) is 23.6 Å². The molecule has 0 saturated heterocycles. The molecule has 0 radical (unpaired) electrons. The van der Waals surface area contributed by atoms with Crippen molar-refractivity contribution in [3.63, 3.8) is 0 Å². The fraction of sp³-hybridized carbons (Fsp3) is 0.500. The molecular weight excluding hydrogens is 284 g/mol. The Bertz CT molecular complexity index is 472. The molecule has 0 fully saturated rings. The molecule has 1 aromatic rings. The highest BCUT2D eigenvalue weighted by Gasteiger charge is 2.13. The van der Waals surface area contributed by atoms with Crippen LogP contribution in [0.1, 0.15) is 34.1 Å². The number of benzene rings is 1. The number of rotatable bonds is 7. The normalized spacial score (nSPS) is 12.0. The van der Waals surface area contributed by atoms with E-state index in [1.165, 1.54) is 18.7 Å². The van der Waals surface area contributed by atoms with Crippen molar-refractivity contribution in [1.82, 2.24) is 5.32 Å². The lowest BCUT2D eigenvalue weighted by Gasteiger charge is -2.13. The Morgan fingerprint density at radius 1 is 1.14 bits per heavy atom. The molecule has 0 aliphatic rings. The summed E-state index contributed by atoms with van der Waals surface area (Å²) in [4.78, 5) is 23.9. The molecule has 0 spiro atoms. The van der Waals surface area contributed by atoms with Crippen molar-refractivity contribution in [2.45, 2.75) is 44.3 Å². The lowest BCUT2D eigenvalue weighted by atomic mass is 10.1. The van der Waals surface area contributed by atoms with Gasteiger partial charge in [-0.1, -0.05) is 13.8 Å². The molecule has 0 saturated carbocycles. The number of thioether (sulfide) groups is 1. The predicted molar refractivity (Wildman–Crippen MR) is 88.5 cm³/mol. The van der Waals surface area contributed by atoms with Crippen molar-refractivity contribution in [2.75, 3.05) is 11.9 Å². The lowest BCUT2D eigenvalue weighted by molar-refractivity contribution is -0.120. The fourth-order valence-corrected chi connectivity index (χ4v) is 2.60. The van der Waals surface area contributed by atoms with Crippen molar-refractivity contribution in [3.8, 4) is 0 Å². The van der Waals surface area contributed by atoms with Gasteiger partial charge in [0.2, 0.25) is 11.8 Å². The number of carbonyl (C=O) groups excluding carboxylic acids is 2. The maximum atomic E-state index is 12.0. The van der Waals surface area contributed by atoms with Gasteiger partial charge in [-0.25, -0.2) is 0 Å². The Kier molecular flexibility index (Phi) is 7.29. The maximum Gasteiger partial charge on any atom is 0.233 e. The SMILES string of the molecule is CC(=O)Nc1ccc(SC(C)C(=O)NCCC(C)C)cc1. The van der Waals surface area contributed by atoms with Gasteiger partial charge in [0.25, 0.3) is 0 Å². The minimum absolute atomic E-state index is 0.0617. The molecule has 1 aromatic carbocycles. The van der Waals surface area contributed by atoms with Crippen LogP contribution in [0.2, 0.25) is 0 Å². The number of nitrogens with one attached hydrogen (secondary N) is 2. The molecule has 2 amide bonds. The van der Waals surface area contributed by atoms with Crippen LogP contribution in [0.25, 0.3) is 0 Å².